The summed E-state index contributed by atoms with van der Waals surface area (Å²) in [4.78, 5) is 23.9. The Hall–Kier alpha value is -1.16. The Labute approximate surface area is 128 Å². The maximum Gasteiger partial charge on any atom is 0.521 e. The number of imide groups is 1. The minimum absolute atomic E-state index is 0.0751. The molecule has 1 N–H and O–H groups in total. The molecule has 2 atom stereocenters. The zero-order chi connectivity index (χ0) is 15.7. The average Bonchev–Trinajstić information content (AvgIpc) is 2.84. The topological polar surface area (TPSA) is 54.4 Å². The Kier molecular flexibility index (Phi) is 7.65. The molecule has 4 nitrogen and oxygen atoms in total. The molecule has 0 saturated carbocycles. The predicted molar refractivity (Wildman–Crippen MR) is 84.0 cm³/mol. The molecule has 1 fully saturated rings. The van der Waals surface area contributed by atoms with Gasteiger partial charge in [0.15, 0.2) is 0 Å². The normalized spacial score (nSPS) is 24.9. The van der Waals surface area contributed by atoms with Crippen molar-refractivity contribution in [3.63, 3.8) is 0 Å². The number of carbonyl (C=O) groups is 2. The summed E-state index contributed by atoms with van der Waals surface area (Å²) in [6.45, 7) is 6.06. The van der Waals surface area contributed by atoms with Crippen molar-refractivity contribution in [2.75, 3.05) is 6.54 Å². The molecule has 1 saturated heterocycles. The van der Waals surface area contributed by atoms with Crippen LogP contribution < -0.4 is 0 Å². The molecule has 0 bridgehead atoms. The number of unbranched alkanes of at least 4 members (excludes halogenated alkanes) is 6. The molecular formula is C17H30NO3+. The summed E-state index contributed by atoms with van der Waals surface area (Å²) >= 11 is 0. The molecular weight excluding hydrogens is 266 g/mol. The van der Waals surface area contributed by atoms with Gasteiger partial charge in [0.05, 0.1) is 13.0 Å². The third kappa shape index (κ3) is 4.67. The van der Waals surface area contributed by atoms with Crippen LogP contribution >= 0.6 is 0 Å². The van der Waals surface area contributed by atoms with Crippen LogP contribution in [0, 0.1) is 0 Å². The van der Waals surface area contributed by atoms with E-state index in [0.29, 0.717) is 13.0 Å². The van der Waals surface area contributed by atoms with Crippen molar-refractivity contribution in [3.05, 3.63) is 12.7 Å². The highest BCUT2D eigenvalue weighted by atomic mass is 16.4. The van der Waals surface area contributed by atoms with Crippen molar-refractivity contribution in [2.45, 2.75) is 77.2 Å². The highest BCUT2D eigenvalue weighted by molar-refractivity contribution is 5.80. The van der Waals surface area contributed by atoms with Gasteiger partial charge in [0.25, 0.3) is 0 Å². The molecule has 0 aromatic rings. The van der Waals surface area contributed by atoms with E-state index in [9.17, 15) is 14.7 Å². The molecule has 0 aromatic heterocycles. The summed E-state index contributed by atoms with van der Waals surface area (Å²) in [6, 6.07) is -0.0751. The molecule has 2 amide bonds. The second kappa shape index (κ2) is 8.98. The second-order valence-electron chi connectivity index (χ2n) is 6.21. The molecule has 1 aliphatic heterocycles. The fraction of sp³-hybridized carbons (Fsp3) is 0.765. The number of carbonyl (C=O) groups excluding carboxylic acids is 1. The molecule has 0 aliphatic carbocycles. The molecule has 0 spiro atoms. The number of likely N-dealkylation sites (tertiary alicyclic amines) is 1. The Morgan fingerprint density at radius 2 is 1.81 bits per heavy atom. The number of allylic oxidation sites excluding steroid dienone is 1. The van der Waals surface area contributed by atoms with E-state index in [1.807, 2.05) is 13.0 Å². The number of hydrogen-bond acceptors (Lipinski definition) is 2. The molecule has 1 heterocycles. The first-order chi connectivity index (χ1) is 10.1. The minimum atomic E-state index is -0.963. The summed E-state index contributed by atoms with van der Waals surface area (Å²) in [5, 5.41) is 9.47. The summed E-state index contributed by atoms with van der Waals surface area (Å²) in [5.41, 5.74) is 0. The largest absolute Gasteiger partial charge is 0.521 e. The molecule has 1 rings (SSSR count). The lowest BCUT2D eigenvalue weighted by Gasteiger charge is -2.29. The van der Waals surface area contributed by atoms with Gasteiger partial charge in [-0.2, -0.15) is 9.28 Å². The molecule has 1 aliphatic rings. The van der Waals surface area contributed by atoms with Gasteiger partial charge in [-0.15, -0.1) is 6.58 Å². The van der Waals surface area contributed by atoms with Gasteiger partial charge in [-0.25, -0.2) is 4.79 Å². The monoisotopic (exact) mass is 296 g/mol. The van der Waals surface area contributed by atoms with E-state index in [1.54, 1.807) is 0 Å². The van der Waals surface area contributed by atoms with Gasteiger partial charge in [-0.05, 0) is 26.2 Å². The van der Waals surface area contributed by atoms with Crippen LogP contribution in [0.25, 0.3) is 0 Å². The summed E-state index contributed by atoms with van der Waals surface area (Å²) in [7, 11) is 0. The van der Waals surface area contributed by atoms with E-state index in [-0.39, 0.29) is 16.4 Å². The minimum Gasteiger partial charge on any atom is -0.435 e. The zero-order valence-corrected chi connectivity index (χ0v) is 13.4. The van der Waals surface area contributed by atoms with Gasteiger partial charge in [0.2, 0.25) is 0 Å². The Bertz CT molecular complexity index is 367. The standard InChI is InChI=1S/C17H29NO3/c1-3-4-5-6-7-8-9-10-13-16(19)18(17(20)21)14-11-12-15(18)2/h3,15H,1,4-14H2,2H3/p+1/t15-,18?/m1/s1. The van der Waals surface area contributed by atoms with Crippen molar-refractivity contribution in [1.29, 1.82) is 0 Å². The smallest absolute Gasteiger partial charge is 0.435 e. The van der Waals surface area contributed by atoms with E-state index in [2.05, 4.69) is 6.58 Å². The first kappa shape index (κ1) is 17.9. The van der Waals surface area contributed by atoms with Crippen LogP contribution in [0.3, 0.4) is 0 Å². The molecule has 1 unspecified atom stereocenters. The third-order valence-electron chi connectivity index (χ3n) is 4.72. The van der Waals surface area contributed by atoms with E-state index in [1.165, 1.54) is 19.3 Å². The van der Waals surface area contributed by atoms with Crippen molar-refractivity contribution in [1.82, 2.24) is 0 Å². The summed E-state index contributed by atoms with van der Waals surface area (Å²) < 4.78 is -0.334. The van der Waals surface area contributed by atoms with Crippen molar-refractivity contribution in [3.8, 4) is 0 Å². The van der Waals surface area contributed by atoms with Crippen molar-refractivity contribution < 1.29 is 19.2 Å². The van der Waals surface area contributed by atoms with Gasteiger partial charge in [0.1, 0.15) is 6.04 Å². The average molecular weight is 296 g/mol. The van der Waals surface area contributed by atoms with Crippen LogP contribution in [0.1, 0.15) is 71.1 Å². The van der Waals surface area contributed by atoms with Crippen LogP contribution in [0.4, 0.5) is 4.79 Å². The van der Waals surface area contributed by atoms with E-state index in [4.69, 9.17) is 0 Å². The molecule has 0 aromatic carbocycles. The van der Waals surface area contributed by atoms with E-state index < -0.39 is 6.09 Å². The van der Waals surface area contributed by atoms with Gasteiger partial charge in [0, 0.05) is 12.8 Å². The van der Waals surface area contributed by atoms with E-state index in [0.717, 1.165) is 38.5 Å². The van der Waals surface area contributed by atoms with Crippen LogP contribution in [0.2, 0.25) is 0 Å². The fourth-order valence-corrected chi connectivity index (χ4v) is 3.31. The van der Waals surface area contributed by atoms with Gasteiger partial charge in [-0.1, -0.05) is 31.8 Å². The maximum atomic E-state index is 12.4. The quantitative estimate of drug-likeness (QED) is 0.387. The Morgan fingerprint density at radius 1 is 1.19 bits per heavy atom. The third-order valence-corrected chi connectivity index (χ3v) is 4.72. The second-order valence-corrected chi connectivity index (χ2v) is 6.21. The van der Waals surface area contributed by atoms with Crippen molar-refractivity contribution in [2.24, 2.45) is 0 Å². The van der Waals surface area contributed by atoms with Crippen molar-refractivity contribution >= 4 is 12.0 Å². The number of amides is 2. The summed E-state index contributed by atoms with van der Waals surface area (Å²) in [5.74, 6) is -0.0980. The predicted octanol–water partition coefficient (Wildman–Crippen LogP) is 4.50. The first-order valence-electron chi connectivity index (χ1n) is 8.31. The van der Waals surface area contributed by atoms with Crippen LogP contribution in [-0.4, -0.2) is 34.2 Å². The summed E-state index contributed by atoms with van der Waals surface area (Å²) in [6.07, 6.45) is 10.7. The number of nitrogens with zero attached hydrogens (tertiary/aromatic N) is 1. The Balaban J connectivity index is 2.26. The number of quaternary nitrogens is 1. The number of rotatable bonds is 9. The molecule has 4 heteroatoms. The number of hydrogen-bond donors (Lipinski definition) is 1. The Morgan fingerprint density at radius 3 is 2.33 bits per heavy atom. The van der Waals surface area contributed by atoms with Gasteiger partial charge >= 0.3 is 12.0 Å². The SMILES string of the molecule is C=CCCCCCCCCC(=O)[N+]1(C(=O)O)CCC[C@H]1C. The lowest BCUT2D eigenvalue weighted by molar-refractivity contribution is -0.792. The zero-order valence-electron chi connectivity index (χ0n) is 13.4. The number of carboxylic acid groups (broad SMARTS) is 1. The van der Waals surface area contributed by atoms with E-state index >= 15 is 0 Å². The van der Waals surface area contributed by atoms with Gasteiger partial charge in [-0.3, -0.25) is 0 Å². The van der Waals surface area contributed by atoms with Crippen LogP contribution in [0.15, 0.2) is 12.7 Å². The molecule has 21 heavy (non-hydrogen) atoms. The lowest BCUT2D eigenvalue weighted by atomic mass is 10.1. The van der Waals surface area contributed by atoms with Gasteiger partial charge < -0.3 is 5.11 Å². The lowest BCUT2D eigenvalue weighted by Crippen LogP contribution is -2.58. The first-order valence-corrected chi connectivity index (χ1v) is 8.31. The molecule has 120 valence electrons. The highest BCUT2D eigenvalue weighted by Crippen LogP contribution is 2.29. The van der Waals surface area contributed by atoms with Crippen LogP contribution in [0.5, 0.6) is 0 Å². The fourth-order valence-electron chi connectivity index (χ4n) is 3.31. The highest BCUT2D eigenvalue weighted by Gasteiger charge is 2.52. The van der Waals surface area contributed by atoms with Crippen LogP contribution in [-0.2, 0) is 4.79 Å². The maximum absolute atomic E-state index is 12.4. The molecule has 0 radical (unpaired) electrons.